The van der Waals surface area contributed by atoms with E-state index in [0.29, 0.717) is 24.8 Å². The standard InChI is InChI=1S/C20H32O4/c1-13(2)17-10-8-14(3)6-5-7-16(12-21)18(22)11-9-15(4)19(23)20(17)24/h8,10,13,15-16,19,21,23H,5-7,9,11-12H2,1-4H3/t15-,16+,19+/m1/s1. The summed E-state index contributed by atoms with van der Waals surface area (Å²) in [7, 11) is 0. The maximum Gasteiger partial charge on any atom is 0.187 e. The van der Waals surface area contributed by atoms with E-state index in [0.717, 1.165) is 18.4 Å². The third-order valence-corrected chi connectivity index (χ3v) is 4.91. The second-order valence-electron chi connectivity index (χ2n) is 7.35. The Bertz CT molecular complexity index is 502. The topological polar surface area (TPSA) is 74.6 Å². The van der Waals surface area contributed by atoms with E-state index in [2.05, 4.69) is 0 Å². The molecule has 0 aromatic carbocycles. The lowest BCUT2D eigenvalue weighted by molar-refractivity contribution is -0.128. The van der Waals surface area contributed by atoms with Gasteiger partial charge in [0.15, 0.2) is 5.78 Å². The summed E-state index contributed by atoms with van der Waals surface area (Å²) in [6.07, 6.45) is 5.79. The minimum atomic E-state index is -1.09. The molecule has 0 aromatic rings. The van der Waals surface area contributed by atoms with Gasteiger partial charge in [0.1, 0.15) is 11.9 Å². The Kier molecular flexibility index (Phi) is 8.57. The molecule has 0 amide bonds. The normalized spacial score (nSPS) is 28.4. The maximum atomic E-state index is 12.6. The first kappa shape index (κ1) is 20.8. The largest absolute Gasteiger partial charge is 0.396 e. The highest BCUT2D eigenvalue weighted by Crippen LogP contribution is 2.23. The summed E-state index contributed by atoms with van der Waals surface area (Å²) in [4.78, 5) is 24.9. The third-order valence-electron chi connectivity index (χ3n) is 4.91. The highest BCUT2D eigenvalue weighted by atomic mass is 16.3. The summed E-state index contributed by atoms with van der Waals surface area (Å²) in [6.45, 7) is 7.56. The van der Waals surface area contributed by atoms with Crippen LogP contribution in [0.4, 0.5) is 0 Å². The van der Waals surface area contributed by atoms with Crippen LogP contribution < -0.4 is 0 Å². The summed E-state index contributed by atoms with van der Waals surface area (Å²) in [6, 6.07) is 0. The van der Waals surface area contributed by atoms with Crippen LogP contribution in [0.3, 0.4) is 0 Å². The van der Waals surface area contributed by atoms with Crippen LogP contribution in [0.15, 0.2) is 23.3 Å². The number of carbonyl (C=O) groups excluding carboxylic acids is 2. The first-order valence-corrected chi connectivity index (χ1v) is 9.01. The summed E-state index contributed by atoms with van der Waals surface area (Å²) in [5, 5.41) is 19.8. The van der Waals surface area contributed by atoms with E-state index >= 15 is 0 Å². The minimum absolute atomic E-state index is 0.0299. The van der Waals surface area contributed by atoms with Crippen LogP contribution in [0.5, 0.6) is 0 Å². The number of allylic oxidation sites excluding steroid dienone is 3. The van der Waals surface area contributed by atoms with E-state index in [1.165, 1.54) is 0 Å². The van der Waals surface area contributed by atoms with Crippen LogP contribution in [0.2, 0.25) is 0 Å². The molecule has 1 rings (SSSR count). The molecule has 136 valence electrons. The Morgan fingerprint density at radius 1 is 1.17 bits per heavy atom. The summed E-state index contributed by atoms with van der Waals surface area (Å²) in [5.74, 6) is -0.790. The average molecular weight is 336 g/mol. The van der Waals surface area contributed by atoms with E-state index in [1.807, 2.05) is 32.9 Å². The van der Waals surface area contributed by atoms with E-state index in [4.69, 9.17) is 0 Å². The second-order valence-corrected chi connectivity index (χ2v) is 7.35. The van der Waals surface area contributed by atoms with Gasteiger partial charge in [-0.25, -0.2) is 0 Å². The highest BCUT2D eigenvalue weighted by Gasteiger charge is 2.28. The van der Waals surface area contributed by atoms with Gasteiger partial charge in [0.05, 0.1) is 6.61 Å². The Hall–Kier alpha value is -1.26. The fourth-order valence-electron chi connectivity index (χ4n) is 3.02. The molecule has 0 bridgehead atoms. The molecule has 0 heterocycles. The molecular formula is C20H32O4. The van der Waals surface area contributed by atoms with Gasteiger partial charge in [-0.3, -0.25) is 9.59 Å². The Morgan fingerprint density at radius 2 is 1.83 bits per heavy atom. The summed E-state index contributed by atoms with van der Waals surface area (Å²) < 4.78 is 0. The molecule has 3 atom stereocenters. The molecule has 0 aromatic heterocycles. The monoisotopic (exact) mass is 336 g/mol. The Balaban J connectivity index is 3.08. The SMILES string of the molecule is CC1=CC=C(C(C)C)C(=O)[C@@H](O)[C@H](C)CCC(=O)[C@H](CO)CCC1. The lowest BCUT2D eigenvalue weighted by Gasteiger charge is -2.22. The van der Waals surface area contributed by atoms with Crippen LogP contribution in [0.25, 0.3) is 0 Å². The van der Waals surface area contributed by atoms with E-state index in [9.17, 15) is 19.8 Å². The van der Waals surface area contributed by atoms with Crippen molar-refractivity contribution in [1.29, 1.82) is 0 Å². The van der Waals surface area contributed by atoms with Gasteiger partial charge < -0.3 is 10.2 Å². The minimum Gasteiger partial charge on any atom is -0.396 e. The van der Waals surface area contributed by atoms with E-state index < -0.39 is 6.10 Å². The molecule has 0 unspecified atom stereocenters. The molecule has 4 nitrogen and oxygen atoms in total. The van der Waals surface area contributed by atoms with Crippen LogP contribution in [0, 0.1) is 17.8 Å². The Labute approximate surface area is 145 Å². The zero-order valence-electron chi connectivity index (χ0n) is 15.4. The van der Waals surface area contributed by atoms with Crippen molar-refractivity contribution in [2.75, 3.05) is 6.61 Å². The van der Waals surface area contributed by atoms with Crippen molar-refractivity contribution in [2.45, 2.75) is 65.9 Å². The van der Waals surface area contributed by atoms with Crippen molar-refractivity contribution in [3.63, 3.8) is 0 Å². The van der Waals surface area contributed by atoms with Crippen molar-refractivity contribution >= 4 is 11.6 Å². The van der Waals surface area contributed by atoms with Gasteiger partial charge >= 0.3 is 0 Å². The second kappa shape index (κ2) is 9.90. The number of carbonyl (C=O) groups is 2. The molecule has 0 saturated carbocycles. The lowest BCUT2D eigenvalue weighted by atomic mass is 9.85. The van der Waals surface area contributed by atoms with Crippen LogP contribution >= 0.6 is 0 Å². The molecule has 24 heavy (non-hydrogen) atoms. The summed E-state index contributed by atoms with van der Waals surface area (Å²) >= 11 is 0. The van der Waals surface area contributed by atoms with Crippen molar-refractivity contribution in [3.05, 3.63) is 23.3 Å². The molecular weight excluding hydrogens is 304 g/mol. The number of rotatable bonds is 2. The van der Waals surface area contributed by atoms with E-state index in [-0.39, 0.29) is 35.9 Å². The first-order valence-electron chi connectivity index (χ1n) is 9.01. The number of aliphatic hydroxyl groups is 2. The number of hydrogen-bond acceptors (Lipinski definition) is 4. The quantitative estimate of drug-likeness (QED) is 0.812. The van der Waals surface area contributed by atoms with E-state index in [1.54, 1.807) is 6.92 Å². The first-order chi connectivity index (χ1) is 11.3. The highest BCUT2D eigenvalue weighted by molar-refractivity contribution is 5.99. The third kappa shape index (κ3) is 5.99. The smallest absolute Gasteiger partial charge is 0.187 e. The molecule has 1 aliphatic carbocycles. The van der Waals surface area contributed by atoms with Crippen molar-refractivity contribution < 1.29 is 19.8 Å². The Morgan fingerprint density at radius 3 is 2.42 bits per heavy atom. The molecule has 0 fully saturated rings. The van der Waals surface area contributed by atoms with Gasteiger partial charge in [0, 0.05) is 17.9 Å². The fourth-order valence-corrected chi connectivity index (χ4v) is 3.02. The van der Waals surface area contributed by atoms with Gasteiger partial charge in [-0.15, -0.1) is 0 Å². The zero-order valence-corrected chi connectivity index (χ0v) is 15.4. The molecule has 1 aliphatic rings. The number of hydrogen-bond donors (Lipinski definition) is 2. The molecule has 2 N–H and O–H groups in total. The van der Waals surface area contributed by atoms with Gasteiger partial charge in [0.25, 0.3) is 0 Å². The van der Waals surface area contributed by atoms with Gasteiger partial charge in [-0.2, -0.15) is 0 Å². The zero-order chi connectivity index (χ0) is 18.3. The lowest BCUT2D eigenvalue weighted by Crippen LogP contribution is -2.31. The molecule has 0 radical (unpaired) electrons. The number of aliphatic hydroxyl groups excluding tert-OH is 2. The van der Waals surface area contributed by atoms with Gasteiger partial charge in [-0.05, 0) is 44.4 Å². The predicted molar refractivity (Wildman–Crippen MR) is 95.5 cm³/mol. The van der Waals surface area contributed by atoms with Crippen molar-refractivity contribution in [1.82, 2.24) is 0 Å². The maximum absolute atomic E-state index is 12.6. The van der Waals surface area contributed by atoms with Crippen LogP contribution in [0.1, 0.15) is 59.8 Å². The summed E-state index contributed by atoms with van der Waals surface area (Å²) in [5.41, 5.74) is 1.76. The van der Waals surface area contributed by atoms with Gasteiger partial charge in [-0.1, -0.05) is 38.5 Å². The van der Waals surface area contributed by atoms with Crippen LogP contribution in [-0.2, 0) is 9.59 Å². The van der Waals surface area contributed by atoms with Gasteiger partial charge in [0.2, 0.25) is 0 Å². The number of ketones is 2. The van der Waals surface area contributed by atoms with Crippen molar-refractivity contribution in [3.8, 4) is 0 Å². The molecule has 0 saturated heterocycles. The van der Waals surface area contributed by atoms with Crippen molar-refractivity contribution in [2.24, 2.45) is 17.8 Å². The predicted octanol–water partition coefficient (Wildman–Crippen LogP) is 3.22. The fraction of sp³-hybridized carbons (Fsp3) is 0.700. The number of Topliss-reactive ketones (excluding diaryl/α,β-unsaturated/α-hetero) is 2. The molecule has 4 heteroatoms. The van der Waals surface area contributed by atoms with Crippen LogP contribution in [-0.4, -0.2) is 34.5 Å². The molecule has 0 spiro atoms. The average Bonchev–Trinajstić information content (AvgIpc) is 2.54. The molecule has 0 aliphatic heterocycles.